The Labute approximate surface area is 173 Å². The number of amides is 1. The van der Waals surface area contributed by atoms with Crippen LogP contribution in [0.1, 0.15) is 62.7 Å². The van der Waals surface area contributed by atoms with Crippen molar-refractivity contribution in [2.75, 3.05) is 19.6 Å². The second-order valence-electron chi connectivity index (χ2n) is 8.29. The third kappa shape index (κ3) is 5.00. The lowest BCUT2D eigenvalue weighted by atomic mass is 9.74. The van der Waals surface area contributed by atoms with Gasteiger partial charge >= 0.3 is 7.12 Å². The molecular formula is C19H31BN2O6S. The predicted molar refractivity (Wildman–Crippen MR) is 113 cm³/mol. The van der Waals surface area contributed by atoms with Crippen LogP contribution in [-0.2, 0) is 19.4 Å². The van der Waals surface area contributed by atoms with Gasteiger partial charge < -0.3 is 19.9 Å². The first-order valence-electron chi connectivity index (χ1n) is 9.71. The molecule has 0 bridgehead atoms. The Morgan fingerprint density at radius 3 is 2.10 bits per heavy atom. The molecule has 1 aliphatic rings. The van der Waals surface area contributed by atoms with Gasteiger partial charge in [0.05, 0.1) is 11.2 Å². The number of likely N-dealkylation sites (N-methyl/N-ethyl adjacent to an activating group) is 1. The number of hydrogen-bond acceptors (Lipinski definition) is 6. The molecule has 0 radical (unpaired) electrons. The average molecular weight is 426 g/mol. The number of rotatable bonds is 8. The Kier molecular flexibility index (Phi) is 6.86. The van der Waals surface area contributed by atoms with Crippen molar-refractivity contribution in [3.05, 3.63) is 29.3 Å². The summed E-state index contributed by atoms with van der Waals surface area (Å²) in [4.78, 5) is 13.6. The van der Waals surface area contributed by atoms with Gasteiger partial charge in [-0.15, -0.1) is 0 Å². The molecule has 1 amide bonds. The standard InChI is InChI=1S/C19H31BN2O6S/c1-7-22(8-2)12-16(29(24,25)26)14-10-9-13(17(21)23)11-15(14)20-27-18(3,4)19(5,6)28-20/h9-11,16H,7-8,12H2,1-6H3,(H2,21,23)(H,24,25,26). The molecule has 8 nitrogen and oxygen atoms in total. The monoisotopic (exact) mass is 426 g/mol. The molecule has 0 saturated carbocycles. The highest BCUT2D eigenvalue weighted by molar-refractivity contribution is 7.86. The molecule has 1 aromatic rings. The minimum atomic E-state index is -4.44. The van der Waals surface area contributed by atoms with Crippen LogP contribution >= 0.6 is 0 Å². The minimum Gasteiger partial charge on any atom is -0.399 e. The fourth-order valence-corrected chi connectivity index (χ4v) is 4.20. The lowest BCUT2D eigenvalue weighted by molar-refractivity contribution is 0.00578. The predicted octanol–water partition coefficient (Wildman–Crippen LogP) is 1.36. The summed E-state index contributed by atoms with van der Waals surface area (Å²) < 4.78 is 46.7. The lowest BCUT2D eigenvalue weighted by Crippen LogP contribution is -2.41. The number of nitrogens with zero attached hydrogens (tertiary/aromatic N) is 1. The van der Waals surface area contributed by atoms with E-state index in [0.29, 0.717) is 24.1 Å². The van der Waals surface area contributed by atoms with Crippen LogP contribution in [0.25, 0.3) is 0 Å². The topological polar surface area (TPSA) is 119 Å². The van der Waals surface area contributed by atoms with Gasteiger partial charge in [-0.25, -0.2) is 0 Å². The van der Waals surface area contributed by atoms with E-state index in [1.54, 1.807) is 0 Å². The summed E-state index contributed by atoms with van der Waals surface area (Å²) in [6, 6.07) is 4.44. The first-order chi connectivity index (χ1) is 13.2. The summed E-state index contributed by atoms with van der Waals surface area (Å²) in [5.41, 5.74) is 5.00. The Bertz CT molecular complexity index is 851. The van der Waals surface area contributed by atoms with E-state index < -0.39 is 39.6 Å². The molecule has 162 valence electrons. The van der Waals surface area contributed by atoms with Crippen molar-refractivity contribution in [3.8, 4) is 0 Å². The van der Waals surface area contributed by atoms with Crippen molar-refractivity contribution in [2.24, 2.45) is 5.73 Å². The van der Waals surface area contributed by atoms with E-state index in [-0.39, 0.29) is 12.1 Å². The first kappa shape index (κ1) is 23.8. The maximum atomic E-state index is 12.3. The molecule has 1 heterocycles. The highest BCUT2D eigenvalue weighted by Crippen LogP contribution is 2.37. The summed E-state index contributed by atoms with van der Waals surface area (Å²) in [5.74, 6) is -0.651. The van der Waals surface area contributed by atoms with E-state index >= 15 is 0 Å². The second-order valence-corrected chi connectivity index (χ2v) is 9.88. The maximum Gasteiger partial charge on any atom is 0.495 e. The molecule has 1 aliphatic heterocycles. The molecule has 2 rings (SSSR count). The van der Waals surface area contributed by atoms with Crippen LogP contribution in [0.4, 0.5) is 0 Å². The number of carbonyl (C=O) groups excluding carboxylic acids is 1. The van der Waals surface area contributed by atoms with Gasteiger partial charge in [-0.1, -0.05) is 19.9 Å². The van der Waals surface area contributed by atoms with Crippen LogP contribution in [0, 0.1) is 0 Å². The van der Waals surface area contributed by atoms with Gasteiger partial charge in [-0.2, -0.15) is 8.42 Å². The van der Waals surface area contributed by atoms with Crippen LogP contribution in [0.15, 0.2) is 18.2 Å². The molecule has 0 aliphatic carbocycles. The first-order valence-corrected chi connectivity index (χ1v) is 11.2. The van der Waals surface area contributed by atoms with Crippen LogP contribution < -0.4 is 11.2 Å². The third-order valence-corrected chi connectivity index (χ3v) is 7.03. The van der Waals surface area contributed by atoms with Gasteiger partial charge in [0.2, 0.25) is 5.91 Å². The van der Waals surface area contributed by atoms with Crippen molar-refractivity contribution in [3.63, 3.8) is 0 Å². The van der Waals surface area contributed by atoms with E-state index in [9.17, 15) is 17.8 Å². The largest absolute Gasteiger partial charge is 0.495 e. The zero-order valence-corrected chi connectivity index (χ0v) is 18.7. The molecule has 1 atom stereocenters. The smallest absolute Gasteiger partial charge is 0.399 e. The molecular weight excluding hydrogens is 395 g/mol. The Balaban J connectivity index is 2.63. The molecule has 0 aromatic heterocycles. The van der Waals surface area contributed by atoms with Crippen LogP contribution in [0.2, 0.25) is 0 Å². The van der Waals surface area contributed by atoms with Crippen molar-refractivity contribution in [1.82, 2.24) is 4.90 Å². The van der Waals surface area contributed by atoms with Crippen molar-refractivity contribution >= 4 is 28.6 Å². The third-order valence-electron chi connectivity index (χ3n) is 5.90. The van der Waals surface area contributed by atoms with Gasteiger partial charge in [0.15, 0.2) is 0 Å². The van der Waals surface area contributed by atoms with Gasteiger partial charge in [0, 0.05) is 12.1 Å². The minimum absolute atomic E-state index is 0.0915. The molecule has 1 saturated heterocycles. The fraction of sp³-hybridized carbons (Fsp3) is 0.632. The van der Waals surface area contributed by atoms with Gasteiger partial charge in [0.1, 0.15) is 5.25 Å². The Morgan fingerprint density at radius 1 is 1.17 bits per heavy atom. The lowest BCUT2D eigenvalue weighted by Gasteiger charge is -2.32. The molecule has 1 unspecified atom stereocenters. The number of primary amides is 1. The molecule has 1 fully saturated rings. The molecule has 3 N–H and O–H groups in total. The van der Waals surface area contributed by atoms with Gasteiger partial charge in [-0.3, -0.25) is 9.35 Å². The van der Waals surface area contributed by atoms with Gasteiger partial charge in [-0.05, 0) is 63.9 Å². The summed E-state index contributed by atoms with van der Waals surface area (Å²) in [5, 5.41) is -1.22. The Hall–Kier alpha value is -1.46. The molecule has 0 spiro atoms. The summed E-state index contributed by atoms with van der Waals surface area (Å²) in [6.45, 7) is 12.7. The van der Waals surface area contributed by atoms with Crippen LogP contribution in [0.3, 0.4) is 0 Å². The SMILES string of the molecule is CCN(CC)CC(c1ccc(C(N)=O)cc1B1OC(C)(C)C(C)(C)O1)S(=O)(=O)O. The van der Waals surface area contributed by atoms with Crippen molar-refractivity contribution in [1.29, 1.82) is 0 Å². The van der Waals surface area contributed by atoms with Crippen molar-refractivity contribution < 1.29 is 27.1 Å². The van der Waals surface area contributed by atoms with Crippen molar-refractivity contribution in [2.45, 2.75) is 58.0 Å². The Morgan fingerprint density at radius 2 is 1.69 bits per heavy atom. The number of carbonyl (C=O) groups is 1. The van der Waals surface area contributed by atoms with Gasteiger partial charge in [0.25, 0.3) is 10.1 Å². The fourth-order valence-electron chi connectivity index (χ4n) is 3.26. The number of nitrogens with two attached hydrogens (primary N) is 1. The molecule has 29 heavy (non-hydrogen) atoms. The normalized spacial score (nSPS) is 19.5. The maximum absolute atomic E-state index is 12.3. The average Bonchev–Trinajstić information content (AvgIpc) is 2.82. The number of hydrogen-bond donors (Lipinski definition) is 2. The quantitative estimate of drug-likeness (QED) is 0.476. The summed E-state index contributed by atoms with van der Waals surface area (Å²) in [7, 11) is -5.35. The zero-order valence-electron chi connectivity index (χ0n) is 17.9. The van der Waals surface area contributed by atoms with E-state index in [1.807, 2.05) is 46.4 Å². The summed E-state index contributed by atoms with van der Waals surface area (Å²) in [6.07, 6.45) is 0. The van der Waals surface area contributed by atoms with E-state index in [1.165, 1.54) is 18.2 Å². The van der Waals surface area contributed by atoms with Crippen LogP contribution in [-0.4, -0.2) is 61.7 Å². The molecule has 1 aromatic carbocycles. The number of benzene rings is 1. The van der Waals surface area contributed by atoms with E-state index in [4.69, 9.17) is 15.0 Å². The highest BCUT2D eigenvalue weighted by Gasteiger charge is 2.53. The second kappa shape index (κ2) is 8.35. The summed E-state index contributed by atoms with van der Waals surface area (Å²) >= 11 is 0. The van der Waals surface area contributed by atoms with Crippen LogP contribution in [0.5, 0.6) is 0 Å². The highest BCUT2D eigenvalue weighted by atomic mass is 32.2. The van der Waals surface area contributed by atoms with E-state index in [0.717, 1.165) is 0 Å². The molecule has 10 heteroatoms. The zero-order chi connectivity index (χ0) is 22.2. The van der Waals surface area contributed by atoms with E-state index in [2.05, 4.69) is 0 Å².